The molecule has 0 aromatic heterocycles. The summed E-state index contributed by atoms with van der Waals surface area (Å²) in [5.41, 5.74) is 3.60. The Labute approximate surface area is 166 Å². The zero-order valence-corrected chi connectivity index (χ0v) is 17.6. The van der Waals surface area contributed by atoms with E-state index < -0.39 is 10.0 Å². The topological polar surface area (TPSA) is 66.5 Å². The van der Waals surface area contributed by atoms with Crippen molar-refractivity contribution in [2.45, 2.75) is 19.6 Å². The van der Waals surface area contributed by atoms with Crippen LogP contribution in [0.15, 0.2) is 48.5 Å². The average Bonchev–Trinajstić information content (AvgIpc) is 2.67. The van der Waals surface area contributed by atoms with Gasteiger partial charge in [-0.05, 0) is 43.7 Å². The van der Waals surface area contributed by atoms with Crippen LogP contribution in [0.3, 0.4) is 0 Å². The lowest BCUT2D eigenvalue weighted by Crippen LogP contribution is -2.28. The minimum Gasteiger partial charge on any atom is -0.351 e. The summed E-state index contributed by atoms with van der Waals surface area (Å²) in [4.78, 5) is 12.2. The molecule has 0 atom stereocenters. The molecular weight excluding hydrogens is 380 g/mol. The zero-order valence-electron chi connectivity index (χ0n) is 15.9. The molecule has 2 aromatic carbocycles. The third kappa shape index (κ3) is 6.29. The number of sulfonamides is 1. The summed E-state index contributed by atoms with van der Waals surface area (Å²) in [7, 11) is -1.79. The Kier molecular flexibility index (Phi) is 7.74. The van der Waals surface area contributed by atoms with Crippen LogP contribution >= 0.6 is 11.8 Å². The molecule has 2 aromatic rings. The monoisotopic (exact) mass is 406 g/mol. The van der Waals surface area contributed by atoms with Gasteiger partial charge in [0.05, 0.1) is 11.4 Å². The molecular formula is C20H26N2O3S2. The highest BCUT2D eigenvalue weighted by Gasteiger charge is 2.16. The molecule has 0 unspecified atom stereocenters. The number of carbonyl (C=O) groups excluding carboxylic acids is 1. The number of aryl methyl sites for hydroxylation is 1. The van der Waals surface area contributed by atoms with Gasteiger partial charge in [-0.1, -0.05) is 29.8 Å². The van der Waals surface area contributed by atoms with E-state index >= 15 is 0 Å². The van der Waals surface area contributed by atoms with Crippen molar-refractivity contribution in [2.24, 2.45) is 0 Å². The molecule has 0 spiro atoms. The SMILES string of the molecule is CCS(=O)(=O)N(C)c1ccc(C(=O)NCCSCc2cccc(C)c2)cc1. The summed E-state index contributed by atoms with van der Waals surface area (Å²) in [6, 6.07) is 15.0. The maximum atomic E-state index is 12.2. The molecule has 0 heterocycles. The lowest BCUT2D eigenvalue weighted by molar-refractivity contribution is 0.0956. The van der Waals surface area contributed by atoms with E-state index in [4.69, 9.17) is 0 Å². The van der Waals surface area contributed by atoms with E-state index in [2.05, 4.69) is 36.5 Å². The fourth-order valence-electron chi connectivity index (χ4n) is 2.51. The van der Waals surface area contributed by atoms with Crippen molar-refractivity contribution in [3.8, 4) is 0 Å². The Bertz CT molecular complexity index is 865. The number of carbonyl (C=O) groups is 1. The molecule has 0 bridgehead atoms. The first-order chi connectivity index (χ1) is 12.8. The molecule has 2 rings (SSSR count). The normalized spacial score (nSPS) is 11.2. The van der Waals surface area contributed by atoms with Crippen molar-refractivity contribution in [3.63, 3.8) is 0 Å². The summed E-state index contributed by atoms with van der Waals surface area (Å²) in [6.45, 7) is 4.26. The van der Waals surface area contributed by atoms with E-state index in [1.807, 2.05) is 0 Å². The van der Waals surface area contributed by atoms with E-state index in [0.717, 1.165) is 11.5 Å². The fraction of sp³-hybridized carbons (Fsp3) is 0.350. The summed E-state index contributed by atoms with van der Waals surface area (Å²) in [5, 5.41) is 2.90. The van der Waals surface area contributed by atoms with Crippen molar-refractivity contribution in [2.75, 3.05) is 29.4 Å². The van der Waals surface area contributed by atoms with Crippen LogP contribution in [-0.4, -0.2) is 39.4 Å². The number of rotatable bonds is 9. The second kappa shape index (κ2) is 9.80. The highest BCUT2D eigenvalue weighted by molar-refractivity contribution is 7.98. The molecule has 0 fully saturated rings. The Hall–Kier alpha value is -1.99. The van der Waals surface area contributed by atoms with Crippen molar-refractivity contribution < 1.29 is 13.2 Å². The predicted molar refractivity (Wildman–Crippen MR) is 114 cm³/mol. The molecule has 0 saturated heterocycles. The zero-order chi connectivity index (χ0) is 19.9. The maximum absolute atomic E-state index is 12.2. The number of thioether (sulfide) groups is 1. The third-order valence-electron chi connectivity index (χ3n) is 4.16. The molecule has 0 aliphatic carbocycles. The van der Waals surface area contributed by atoms with Gasteiger partial charge in [0.1, 0.15) is 0 Å². The van der Waals surface area contributed by atoms with Gasteiger partial charge in [-0.3, -0.25) is 9.10 Å². The van der Waals surface area contributed by atoms with E-state index in [-0.39, 0.29) is 11.7 Å². The summed E-state index contributed by atoms with van der Waals surface area (Å²) in [5.74, 6) is 1.63. The van der Waals surface area contributed by atoms with Crippen molar-refractivity contribution >= 4 is 33.4 Å². The van der Waals surface area contributed by atoms with Crippen LogP contribution in [0.2, 0.25) is 0 Å². The number of amides is 1. The van der Waals surface area contributed by atoms with Crippen LogP contribution in [0.1, 0.15) is 28.4 Å². The number of anilines is 1. The molecule has 0 aliphatic rings. The van der Waals surface area contributed by atoms with Gasteiger partial charge >= 0.3 is 0 Å². The number of nitrogens with one attached hydrogen (secondary N) is 1. The molecule has 0 radical (unpaired) electrons. The number of hydrogen-bond donors (Lipinski definition) is 1. The van der Waals surface area contributed by atoms with Gasteiger partial charge in [-0.25, -0.2) is 8.42 Å². The largest absolute Gasteiger partial charge is 0.351 e. The molecule has 0 saturated carbocycles. The average molecular weight is 407 g/mol. The van der Waals surface area contributed by atoms with Gasteiger partial charge in [0, 0.05) is 30.7 Å². The molecule has 1 N–H and O–H groups in total. The van der Waals surface area contributed by atoms with Crippen LogP contribution in [0.25, 0.3) is 0 Å². The van der Waals surface area contributed by atoms with E-state index in [0.29, 0.717) is 17.8 Å². The Morgan fingerprint density at radius 2 is 1.85 bits per heavy atom. The van der Waals surface area contributed by atoms with Crippen molar-refractivity contribution in [1.29, 1.82) is 0 Å². The number of hydrogen-bond acceptors (Lipinski definition) is 4. The Morgan fingerprint density at radius 3 is 2.48 bits per heavy atom. The lowest BCUT2D eigenvalue weighted by atomic mass is 10.2. The maximum Gasteiger partial charge on any atom is 0.251 e. The van der Waals surface area contributed by atoms with Crippen LogP contribution < -0.4 is 9.62 Å². The minimum atomic E-state index is -3.30. The predicted octanol–water partition coefficient (Wildman–Crippen LogP) is 3.44. The smallest absolute Gasteiger partial charge is 0.251 e. The van der Waals surface area contributed by atoms with Crippen LogP contribution in [0.5, 0.6) is 0 Å². The minimum absolute atomic E-state index is 0.0337. The van der Waals surface area contributed by atoms with Crippen molar-refractivity contribution in [1.82, 2.24) is 5.32 Å². The van der Waals surface area contributed by atoms with Crippen LogP contribution in [0, 0.1) is 6.92 Å². The summed E-state index contributed by atoms with van der Waals surface area (Å²) >= 11 is 1.78. The molecule has 146 valence electrons. The fourth-order valence-corrected chi connectivity index (χ4v) is 4.14. The number of benzene rings is 2. The third-order valence-corrected chi connectivity index (χ3v) is 6.96. The molecule has 7 heteroatoms. The molecule has 1 amide bonds. The van der Waals surface area contributed by atoms with Gasteiger partial charge in [0.25, 0.3) is 5.91 Å². The highest BCUT2D eigenvalue weighted by Crippen LogP contribution is 2.17. The quantitative estimate of drug-likeness (QED) is 0.648. The van der Waals surface area contributed by atoms with Gasteiger partial charge in [0.15, 0.2) is 0 Å². The van der Waals surface area contributed by atoms with E-state index in [1.165, 1.54) is 22.5 Å². The molecule has 27 heavy (non-hydrogen) atoms. The summed E-state index contributed by atoms with van der Waals surface area (Å²) < 4.78 is 25.0. The van der Waals surface area contributed by atoms with E-state index in [1.54, 1.807) is 43.0 Å². The van der Waals surface area contributed by atoms with Crippen molar-refractivity contribution in [3.05, 3.63) is 65.2 Å². The molecule has 0 aliphatic heterocycles. The Morgan fingerprint density at radius 1 is 1.15 bits per heavy atom. The van der Waals surface area contributed by atoms with Crippen LogP contribution in [0.4, 0.5) is 5.69 Å². The van der Waals surface area contributed by atoms with E-state index in [9.17, 15) is 13.2 Å². The van der Waals surface area contributed by atoms with Gasteiger partial charge in [-0.2, -0.15) is 11.8 Å². The number of nitrogens with zero attached hydrogens (tertiary/aromatic N) is 1. The second-order valence-electron chi connectivity index (χ2n) is 6.21. The standard InChI is InChI=1S/C20H26N2O3S2/c1-4-27(24,25)22(3)19-10-8-18(9-11-19)20(23)21-12-13-26-15-17-7-5-6-16(2)14-17/h5-11,14H,4,12-13,15H2,1-3H3,(H,21,23). The summed E-state index contributed by atoms with van der Waals surface area (Å²) in [6.07, 6.45) is 0. The van der Waals surface area contributed by atoms with Crippen LogP contribution in [-0.2, 0) is 15.8 Å². The van der Waals surface area contributed by atoms with Gasteiger partial charge in [0.2, 0.25) is 10.0 Å². The lowest BCUT2D eigenvalue weighted by Gasteiger charge is -2.18. The highest BCUT2D eigenvalue weighted by atomic mass is 32.2. The van der Waals surface area contributed by atoms with Gasteiger partial charge in [-0.15, -0.1) is 0 Å². The molecule has 5 nitrogen and oxygen atoms in total. The Balaban J connectivity index is 1.79. The first kappa shape index (κ1) is 21.3. The first-order valence-corrected chi connectivity index (χ1v) is 11.6. The van der Waals surface area contributed by atoms with Gasteiger partial charge < -0.3 is 5.32 Å². The second-order valence-corrected chi connectivity index (χ2v) is 9.61. The first-order valence-electron chi connectivity index (χ1n) is 8.81.